The fourth-order valence-electron chi connectivity index (χ4n) is 1.45. The Labute approximate surface area is 102 Å². The molecule has 15 heavy (non-hydrogen) atoms. The van der Waals surface area contributed by atoms with E-state index in [0.29, 0.717) is 5.56 Å². The fourth-order valence-corrected chi connectivity index (χ4v) is 2.97. The standard InChI is InChI=1S/C11H9BrN2S/c12-5-11-14-10(7-15-11)9-3-1-8(6-13)2-4-9/h1-4,10H,5,7H2. The van der Waals surface area contributed by atoms with Gasteiger partial charge in [0.15, 0.2) is 0 Å². The van der Waals surface area contributed by atoms with E-state index >= 15 is 0 Å². The lowest BCUT2D eigenvalue weighted by atomic mass is 10.1. The third-order valence-electron chi connectivity index (χ3n) is 2.25. The minimum absolute atomic E-state index is 0.260. The van der Waals surface area contributed by atoms with Gasteiger partial charge in [0.25, 0.3) is 0 Å². The van der Waals surface area contributed by atoms with Crippen molar-refractivity contribution in [3.63, 3.8) is 0 Å². The molecule has 1 atom stereocenters. The Morgan fingerprint density at radius 2 is 2.20 bits per heavy atom. The zero-order valence-corrected chi connectivity index (χ0v) is 10.4. The Morgan fingerprint density at radius 3 is 2.73 bits per heavy atom. The molecule has 0 bridgehead atoms. The lowest BCUT2D eigenvalue weighted by Crippen LogP contribution is -1.93. The summed E-state index contributed by atoms with van der Waals surface area (Å²) in [6, 6.07) is 10.1. The lowest BCUT2D eigenvalue weighted by molar-refractivity contribution is 0.849. The highest BCUT2D eigenvalue weighted by Crippen LogP contribution is 2.30. The van der Waals surface area contributed by atoms with Gasteiger partial charge in [0.2, 0.25) is 0 Å². The number of thioether (sulfide) groups is 1. The molecule has 1 unspecified atom stereocenters. The molecule has 2 rings (SSSR count). The van der Waals surface area contributed by atoms with E-state index in [4.69, 9.17) is 5.26 Å². The molecule has 0 N–H and O–H groups in total. The fraction of sp³-hybridized carbons (Fsp3) is 0.273. The molecule has 1 aromatic rings. The second-order valence-corrected chi connectivity index (χ2v) is 4.87. The predicted octanol–water partition coefficient (Wildman–Crippen LogP) is 3.14. The second-order valence-electron chi connectivity index (χ2n) is 3.22. The van der Waals surface area contributed by atoms with Crippen molar-refractivity contribution in [1.29, 1.82) is 5.26 Å². The molecule has 4 heteroatoms. The number of hydrogen-bond acceptors (Lipinski definition) is 3. The maximum absolute atomic E-state index is 8.69. The van der Waals surface area contributed by atoms with Crippen LogP contribution in [0.15, 0.2) is 29.3 Å². The predicted molar refractivity (Wildman–Crippen MR) is 67.6 cm³/mol. The number of halogens is 1. The van der Waals surface area contributed by atoms with Crippen molar-refractivity contribution in [1.82, 2.24) is 0 Å². The van der Waals surface area contributed by atoms with Crippen LogP contribution in [0.2, 0.25) is 0 Å². The smallest absolute Gasteiger partial charge is 0.0991 e. The summed E-state index contributed by atoms with van der Waals surface area (Å²) in [6.07, 6.45) is 0. The Morgan fingerprint density at radius 1 is 1.47 bits per heavy atom. The van der Waals surface area contributed by atoms with E-state index in [2.05, 4.69) is 27.0 Å². The molecule has 76 valence electrons. The first-order chi connectivity index (χ1) is 7.33. The molecule has 1 heterocycles. The Hall–Kier alpha value is -0.790. The SMILES string of the molecule is N#Cc1ccc(C2CSC(CBr)=N2)cc1. The summed E-state index contributed by atoms with van der Waals surface area (Å²) in [5.74, 6) is 1.01. The van der Waals surface area contributed by atoms with Gasteiger partial charge in [0.05, 0.1) is 28.0 Å². The molecule has 1 aromatic carbocycles. The summed E-state index contributed by atoms with van der Waals surface area (Å²) < 4.78 is 0. The minimum atomic E-state index is 0.260. The van der Waals surface area contributed by atoms with Crippen LogP contribution in [0, 0.1) is 11.3 Å². The number of hydrogen-bond donors (Lipinski definition) is 0. The highest BCUT2D eigenvalue weighted by atomic mass is 79.9. The number of benzene rings is 1. The maximum atomic E-state index is 8.69. The number of rotatable bonds is 2. The zero-order valence-electron chi connectivity index (χ0n) is 7.98. The van der Waals surface area contributed by atoms with Crippen LogP contribution in [0.1, 0.15) is 17.2 Å². The summed E-state index contributed by atoms with van der Waals surface area (Å²) in [4.78, 5) is 4.58. The molecule has 1 aliphatic heterocycles. The molecular formula is C11H9BrN2S. The van der Waals surface area contributed by atoms with Crippen LogP contribution >= 0.6 is 27.7 Å². The van der Waals surface area contributed by atoms with E-state index in [1.807, 2.05) is 24.3 Å². The summed E-state index contributed by atoms with van der Waals surface area (Å²) in [6.45, 7) is 0. The van der Waals surface area contributed by atoms with E-state index in [0.717, 1.165) is 16.1 Å². The van der Waals surface area contributed by atoms with Crippen molar-refractivity contribution in [3.8, 4) is 6.07 Å². The van der Waals surface area contributed by atoms with Gasteiger partial charge in [-0.05, 0) is 17.7 Å². The summed E-state index contributed by atoms with van der Waals surface area (Å²) in [7, 11) is 0. The topological polar surface area (TPSA) is 36.1 Å². The van der Waals surface area contributed by atoms with E-state index < -0.39 is 0 Å². The third-order valence-corrected chi connectivity index (χ3v) is 4.21. The first-order valence-corrected chi connectivity index (χ1v) is 6.69. The van der Waals surface area contributed by atoms with Gasteiger partial charge in [0.1, 0.15) is 0 Å². The van der Waals surface area contributed by atoms with Crippen molar-refractivity contribution in [2.75, 3.05) is 11.1 Å². The van der Waals surface area contributed by atoms with Gasteiger partial charge in [-0.3, -0.25) is 4.99 Å². The summed E-state index contributed by atoms with van der Waals surface area (Å²) >= 11 is 5.20. The average molecular weight is 281 g/mol. The molecule has 0 radical (unpaired) electrons. The molecule has 0 saturated heterocycles. The molecular weight excluding hydrogens is 272 g/mol. The Balaban J connectivity index is 2.18. The van der Waals surface area contributed by atoms with Gasteiger partial charge in [-0.2, -0.15) is 5.26 Å². The van der Waals surface area contributed by atoms with Crippen molar-refractivity contribution in [2.24, 2.45) is 4.99 Å². The molecule has 0 spiro atoms. The number of nitriles is 1. The summed E-state index contributed by atoms with van der Waals surface area (Å²) in [5, 5.41) is 10.7. The molecule has 0 saturated carbocycles. The largest absolute Gasteiger partial charge is 0.273 e. The van der Waals surface area contributed by atoms with Gasteiger partial charge in [-0.25, -0.2) is 0 Å². The normalized spacial score (nSPS) is 19.7. The Bertz CT molecular complexity index is 419. The van der Waals surface area contributed by atoms with Crippen LogP contribution in [0.3, 0.4) is 0 Å². The van der Waals surface area contributed by atoms with Gasteiger partial charge in [0, 0.05) is 5.75 Å². The average Bonchev–Trinajstić information content (AvgIpc) is 2.78. The van der Waals surface area contributed by atoms with Gasteiger partial charge in [-0.15, -0.1) is 11.8 Å². The molecule has 0 fully saturated rings. The van der Waals surface area contributed by atoms with E-state index in [-0.39, 0.29) is 6.04 Å². The van der Waals surface area contributed by atoms with E-state index in [1.54, 1.807) is 11.8 Å². The quantitative estimate of drug-likeness (QED) is 0.781. The van der Waals surface area contributed by atoms with Crippen LogP contribution in [-0.2, 0) is 0 Å². The van der Waals surface area contributed by atoms with Crippen LogP contribution in [0.5, 0.6) is 0 Å². The van der Waals surface area contributed by atoms with Gasteiger partial charge < -0.3 is 0 Å². The first-order valence-electron chi connectivity index (χ1n) is 4.59. The molecule has 0 aliphatic carbocycles. The van der Waals surface area contributed by atoms with Crippen LogP contribution < -0.4 is 0 Å². The zero-order chi connectivity index (χ0) is 10.7. The van der Waals surface area contributed by atoms with Crippen molar-refractivity contribution >= 4 is 32.7 Å². The highest BCUT2D eigenvalue weighted by Gasteiger charge is 2.18. The van der Waals surface area contributed by atoms with Crippen molar-refractivity contribution in [3.05, 3.63) is 35.4 Å². The summed E-state index contributed by atoms with van der Waals surface area (Å²) in [5.41, 5.74) is 1.89. The van der Waals surface area contributed by atoms with Gasteiger partial charge >= 0.3 is 0 Å². The first kappa shape index (κ1) is 10.7. The maximum Gasteiger partial charge on any atom is 0.0991 e. The van der Waals surface area contributed by atoms with Crippen molar-refractivity contribution in [2.45, 2.75) is 6.04 Å². The van der Waals surface area contributed by atoms with Gasteiger partial charge in [-0.1, -0.05) is 28.1 Å². The van der Waals surface area contributed by atoms with Crippen LogP contribution in [0.4, 0.5) is 0 Å². The number of nitrogens with zero attached hydrogens (tertiary/aromatic N) is 2. The highest BCUT2D eigenvalue weighted by molar-refractivity contribution is 9.09. The van der Waals surface area contributed by atoms with E-state index in [9.17, 15) is 0 Å². The molecule has 2 nitrogen and oxygen atoms in total. The van der Waals surface area contributed by atoms with E-state index in [1.165, 1.54) is 5.56 Å². The van der Waals surface area contributed by atoms with Crippen LogP contribution in [-0.4, -0.2) is 16.1 Å². The Kier molecular flexibility index (Phi) is 3.45. The number of alkyl halides is 1. The third kappa shape index (κ3) is 2.42. The minimum Gasteiger partial charge on any atom is -0.273 e. The molecule has 0 amide bonds. The monoisotopic (exact) mass is 280 g/mol. The second kappa shape index (κ2) is 4.82. The lowest BCUT2D eigenvalue weighted by Gasteiger charge is -2.05. The van der Waals surface area contributed by atoms with Crippen molar-refractivity contribution < 1.29 is 0 Å². The van der Waals surface area contributed by atoms with Crippen LogP contribution in [0.25, 0.3) is 0 Å². The number of aliphatic imine (C=N–C) groups is 1. The molecule has 1 aliphatic rings. The molecule has 0 aromatic heterocycles.